The molecule has 1 unspecified atom stereocenters. The molecule has 0 aliphatic carbocycles. The van der Waals surface area contributed by atoms with Crippen LogP contribution in [-0.2, 0) is 13.5 Å². The first-order chi connectivity index (χ1) is 7.65. The third kappa shape index (κ3) is 2.43. The Kier molecular flexibility index (Phi) is 2.96. The molecule has 0 saturated heterocycles. The van der Waals surface area contributed by atoms with E-state index in [1.807, 2.05) is 19.3 Å². The van der Waals surface area contributed by atoms with Crippen LogP contribution in [0.25, 0.3) is 0 Å². The maximum Gasteiger partial charge on any atom is 0.125 e. The Hall–Kier alpha value is -1.75. The highest BCUT2D eigenvalue weighted by Crippen LogP contribution is 2.14. The van der Waals surface area contributed by atoms with Crippen LogP contribution in [-0.4, -0.2) is 24.9 Å². The van der Waals surface area contributed by atoms with E-state index in [1.165, 1.54) is 0 Å². The molecule has 0 spiro atoms. The van der Waals surface area contributed by atoms with E-state index in [-0.39, 0.29) is 0 Å². The monoisotopic (exact) mass is 218 g/mol. The first kappa shape index (κ1) is 10.8. The van der Waals surface area contributed by atoms with Gasteiger partial charge in [-0.1, -0.05) is 0 Å². The van der Waals surface area contributed by atoms with E-state index >= 15 is 0 Å². The molecule has 5 heteroatoms. The predicted octanol–water partition coefficient (Wildman–Crippen LogP) is 0.795. The van der Waals surface area contributed by atoms with Gasteiger partial charge in [0, 0.05) is 25.9 Å². The molecule has 0 saturated carbocycles. The SMILES string of the molecule is Cc1nccc(C(O)Cc2ccn(C)n2)n1. The summed E-state index contributed by atoms with van der Waals surface area (Å²) in [5, 5.41) is 14.2. The number of aliphatic hydroxyl groups is 1. The minimum Gasteiger partial charge on any atom is -0.386 e. The summed E-state index contributed by atoms with van der Waals surface area (Å²) in [7, 11) is 1.85. The second-order valence-electron chi connectivity index (χ2n) is 3.73. The Morgan fingerprint density at radius 2 is 2.25 bits per heavy atom. The highest BCUT2D eigenvalue weighted by atomic mass is 16.3. The molecule has 0 fully saturated rings. The van der Waals surface area contributed by atoms with E-state index in [2.05, 4.69) is 15.1 Å². The van der Waals surface area contributed by atoms with E-state index in [0.717, 1.165) is 5.69 Å². The van der Waals surface area contributed by atoms with Crippen LogP contribution in [0.1, 0.15) is 23.3 Å². The lowest BCUT2D eigenvalue weighted by Crippen LogP contribution is -2.06. The predicted molar refractivity (Wildman–Crippen MR) is 58.6 cm³/mol. The summed E-state index contributed by atoms with van der Waals surface area (Å²) >= 11 is 0. The van der Waals surface area contributed by atoms with Crippen molar-refractivity contribution < 1.29 is 5.11 Å². The molecule has 1 atom stereocenters. The van der Waals surface area contributed by atoms with E-state index in [9.17, 15) is 5.11 Å². The molecule has 2 aromatic rings. The van der Waals surface area contributed by atoms with Crippen LogP contribution in [0.3, 0.4) is 0 Å². The molecule has 2 rings (SSSR count). The van der Waals surface area contributed by atoms with Gasteiger partial charge >= 0.3 is 0 Å². The van der Waals surface area contributed by atoms with Gasteiger partial charge in [-0.15, -0.1) is 0 Å². The molecule has 1 N–H and O–H groups in total. The Bertz CT molecular complexity index is 480. The smallest absolute Gasteiger partial charge is 0.125 e. The van der Waals surface area contributed by atoms with E-state index in [1.54, 1.807) is 23.9 Å². The summed E-state index contributed by atoms with van der Waals surface area (Å²) in [6.45, 7) is 1.80. The molecular formula is C11H14N4O. The number of hydrogen-bond acceptors (Lipinski definition) is 4. The van der Waals surface area contributed by atoms with Gasteiger partial charge in [0.15, 0.2) is 0 Å². The molecule has 2 aromatic heterocycles. The van der Waals surface area contributed by atoms with Gasteiger partial charge in [0.1, 0.15) is 11.9 Å². The third-order valence-electron chi connectivity index (χ3n) is 2.31. The first-order valence-corrected chi connectivity index (χ1v) is 5.11. The number of aromatic nitrogens is 4. The van der Waals surface area contributed by atoms with Crippen LogP contribution in [0.2, 0.25) is 0 Å². The number of aryl methyl sites for hydroxylation is 2. The molecule has 0 radical (unpaired) electrons. The van der Waals surface area contributed by atoms with Crippen LogP contribution in [0, 0.1) is 6.92 Å². The highest BCUT2D eigenvalue weighted by molar-refractivity contribution is 5.09. The van der Waals surface area contributed by atoms with Crippen molar-refractivity contribution in [2.24, 2.45) is 7.05 Å². The van der Waals surface area contributed by atoms with Crippen LogP contribution in [0.15, 0.2) is 24.5 Å². The zero-order chi connectivity index (χ0) is 11.5. The average molecular weight is 218 g/mol. The van der Waals surface area contributed by atoms with Crippen LogP contribution >= 0.6 is 0 Å². The summed E-state index contributed by atoms with van der Waals surface area (Å²) in [6.07, 6.45) is 3.35. The Morgan fingerprint density at radius 3 is 2.88 bits per heavy atom. The van der Waals surface area contributed by atoms with Crippen molar-refractivity contribution in [1.82, 2.24) is 19.7 Å². The van der Waals surface area contributed by atoms with Gasteiger partial charge in [0.2, 0.25) is 0 Å². The fourth-order valence-electron chi connectivity index (χ4n) is 1.53. The maximum atomic E-state index is 9.97. The van der Waals surface area contributed by atoms with Gasteiger partial charge in [-0.3, -0.25) is 4.68 Å². The summed E-state index contributed by atoms with van der Waals surface area (Å²) in [4.78, 5) is 8.17. The number of hydrogen-bond donors (Lipinski definition) is 1. The largest absolute Gasteiger partial charge is 0.386 e. The van der Waals surface area contributed by atoms with Crippen molar-refractivity contribution in [3.63, 3.8) is 0 Å². The second-order valence-corrected chi connectivity index (χ2v) is 3.73. The van der Waals surface area contributed by atoms with Crippen molar-refractivity contribution in [1.29, 1.82) is 0 Å². The van der Waals surface area contributed by atoms with Crippen molar-refractivity contribution in [2.75, 3.05) is 0 Å². The lowest BCUT2D eigenvalue weighted by atomic mass is 10.1. The molecule has 84 valence electrons. The van der Waals surface area contributed by atoms with E-state index < -0.39 is 6.10 Å². The first-order valence-electron chi connectivity index (χ1n) is 5.11. The fourth-order valence-corrected chi connectivity index (χ4v) is 1.53. The molecule has 0 aromatic carbocycles. The number of aliphatic hydroxyl groups excluding tert-OH is 1. The topological polar surface area (TPSA) is 63.8 Å². The average Bonchev–Trinajstić information content (AvgIpc) is 2.64. The zero-order valence-corrected chi connectivity index (χ0v) is 9.33. The summed E-state index contributed by atoms with van der Waals surface area (Å²) in [5.74, 6) is 0.664. The van der Waals surface area contributed by atoms with Crippen LogP contribution in [0.4, 0.5) is 0 Å². The van der Waals surface area contributed by atoms with Gasteiger partial charge in [-0.25, -0.2) is 9.97 Å². The van der Waals surface area contributed by atoms with Crippen molar-refractivity contribution >= 4 is 0 Å². The lowest BCUT2D eigenvalue weighted by molar-refractivity contribution is 0.171. The number of rotatable bonds is 3. The summed E-state index contributed by atoms with van der Waals surface area (Å²) in [5.41, 5.74) is 1.49. The minimum atomic E-state index is -0.628. The molecule has 0 aliphatic rings. The standard InChI is InChI=1S/C11H14N4O/c1-8-12-5-3-10(13-8)11(16)7-9-4-6-15(2)14-9/h3-6,11,16H,7H2,1-2H3. The molecular weight excluding hydrogens is 204 g/mol. The van der Waals surface area contributed by atoms with Crippen molar-refractivity contribution in [2.45, 2.75) is 19.4 Å². The molecule has 0 amide bonds. The Balaban J connectivity index is 2.11. The minimum absolute atomic E-state index is 0.470. The molecule has 0 bridgehead atoms. The Morgan fingerprint density at radius 1 is 1.44 bits per heavy atom. The quantitative estimate of drug-likeness (QED) is 0.827. The van der Waals surface area contributed by atoms with E-state index in [0.29, 0.717) is 17.9 Å². The molecule has 0 aliphatic heterocycles. The fraction of sp³-hybridized carbons (Fsp3) is 0.364. The molecule has 2 heterocycles. The van der Waals surface area contributed by atoms with Gasteiger partial charge < -0.3 is 5.11 Å². The van der Waals surface area contributed by atoms with Gasteiger partial charge in [-0.2, -0.15) is 5.10 Å². The zero-order valence-electron chi connectivity index (χ0n) is 9.33. The van der Waals surface area contributed by atoms with Crippen molar-refractivity contribution in [3.05, 3.63) is 41.7 Å². The van der Waals surface area contributed by atoms with Crippen LogP contribution in [0.5, 0.6) is 0 Å². The highest BCUT2D eigenvalue weighted by Gasteiger charge is 2.11. The van der Waals surface area contributed by atoms with Gasteiger partial charge in [-0.05, 0) is 19.1 Å². The van der Waals surface area contributed by atoms with Gasteiger partial charge in [0.05, 0.1) is 11.4 Å². The molecule has 16 heavy (non-hydrogen) atoms. The summed E-state index contributed by atoms with van der Waals surface area (Å²) in [6, 6.07) is 3.61. The van der Waals surface area contributed by atoms with E-state index in [4.69, 9.17) is 0 Å². The Labute approximate surface area is 93.8 Å². The maximum absolute atomic E-state index is 9.97. The summed E-state index contributed by atoms with van der Waals surface area (Å²) < 4.78 is 1.72. The normalized spacial score (nSPS) is 12.7. The molecule has 5 nitrogen and oxygen atoms in total. The lowest BCUT2D eigenvalue weighted by Gasteiger charge is -2.08. The number of nitrogens with zero attached hydrogens (tertiary/aromatic N) is 4. The second kappa shape index (κ2) is 4.40. The van der Waals surface area contributed by atoms with Gasteiger partial charge in [0.25, 0.3) is 0 Å². The van der Waals surface area contributed by atoms with Crippen LogP contribution < -0.4 is 0 Å². The third-order valence-corrected chi connectivity index (χ3v) is 2.31. The van der Waals surface area contributed by atoms with Crippen molar-refractivity contribution in [3.8, 4) is 0 Å².